The Bertz CT molecular complexity index is 138. The van der Waals surface area contributed by atoms with Gasteiger partial charge in [0.25, 0.3) is 0 Å². The second-order valence-electron chi connectivity index (χ2n) is 4.13. The van der Waals surface area contributed by atoms with E-state index in [1.54, 1.807) is 0 Å². The van der Waals surface area contributed by atoms with Crippen LogP contribution in [0.15, 0.2) is 0 Å². The molecule has 0 aliphatic heterocycles. The third-order valence-electron chi connectivity index (χ3n) is 2.82. The van der Waals surface area contributed by atoms with Gasteiger partial charge in [0.15, 0.2) is 0 Å². The van der Waals surface area contributed by atoms with Crippen molar-refractivity contribution in [2.45, 2.75) is 64.2 Å². The standard InChI is InChI=1S/C12H24Si/c1-5-9-13(10-6-2,11-7-3)12-8-4/h1H,6-12H2,2-4H3. The van der Waals surface area contributed by atoms with Crippen molar-refractivity contribution in [2.75, 3.05) is 0 Å². The molecule has 0 saturated heterocycles. The SMILES string of the molecule is C#CC[Si](CCC)(CCC)CCC. The second-order valence-corrected chi connectivity index (χ2v) is 8.98. The van der Waals surface area contributed by atoms with Crippen LogP contribution in [0.2, 0.25) is 24.2 Å². The average Bonchev–Trinajstić information content (AvgIpc) is 2.06. The average molecular weight is 196 g/mol. The van der Waals surface area contributed by atoms with Crippen molar-refractivity contribution in [1.82, 2.24) is 0 Å². The van der Waals surface area contributed by atoms with Gasteiger partial charge in [0.2, 0.25) is 0 Å². The Balaban J connectivity index is 4.29. The third kappa shape index (κ3) is 4.52. The molecule has 0 heterocycles. The summed E-state index contributed by atoms with van der Waals surface area (Å²) in [6, 6.07) is 5.44. The molecular formula is C12H24Si. The van der Waals surface area contributed by atoms with Crippen LogP contribution in [-0.4, -0.2) is 8.07 Å². The maximum absolute atomic E-state index is 5.49. The molecule has 0 atom stereocenters. The molecule has 0 fully saturated rings. The van der Waals surface area contributed by atoms with Gasteiger partial charge >= 0.3 is 0 Å². The van der Waals surface area contributed by atoms with E-state index in [1.807, 2.05) is 0 Å². The minimum Gasteiger partial charge on any atom is -0.120 e. The summed E-state index contributed by atoms with van der Waals surface area (Å²) in [5.41, 5.74) is 0. The van der Waals surface area contributed by atoms with Crippen molar-refractivity contribution < 1.29 is 0 Å². The molecule has 13 heavy (non-hydrogen) atoms. The molecule has 0 aromatic rings. The number of terminal acetylenes is 1. The zero-order valence-corrected chi connectivity index (χ0v) is 10.5. The highest BCUT2D eigenvalue weighted by Crippen LogP contribution is 2.29. The topological polar surface area (TPSA) is 0 Å². The van der Waals surface area contributed by atoms with Gasteiger partial charge in [0, 0.05) is 6.04 Å². The Morgan fingerprint density at radius 1 is 0.923 bits per heavy atom. The van der Waals surface area contributed by atoms with E-state index in [2.05, 4.69) is 26.7 Å². The monoisotopic (exact) mass is 196 g/mol. The zero-order chi connectivity index (χ0) is 10.2. The normalized spacial score (nSPS) is 11.2. The molecule has 0 saturated carbocycles. The van der Waals surface area contributed by atoms with Crippen molar-refractivity contribution in [3.05, 3.63) is 0 Å². The van der Waals surface area contributed by atoms with E-state index >= 15 is 0 Å². The summed E-state index contributed by atoms with van der Waals surface area (Å²) >= 11 is 0. The van der Waals surface area contributed by atoms with Crippen LogP contribution < -0.4 is 0 Å². The molecule has 0 nitrogen and oxygen atoms in total. The molecule has 0 unspecified atom stereocenters. The van der Waals surface area contributed by atoms with Crippen LogP contribution in [0, 0.1) is 12.3 Å². The summed E-state index contributed by atoms with van der Waals surface area (Å²) in [7, 11) is -1.03. The van der Waals surface area contributed by atoms with Crippen molar-refractivity contribution >= 4 is 8.07 Å². The van der Waals surface area contributed by atoms with Crippen molar-refractivity contribution in [1.29, 1.82) is 0 Å². The van der Waals surface area contributed by atoms with E-state index in [-0.39, 0.29) is 0 Å². The molecule has 0 spiro atoms. The van der Waals surface area contributed by atoms with Crippen molar-refractivity contribution in [3.63, 3.8) is 0 Å². The van der Waals surface area contributed by atoms with Gasteiger partial charge in [-0.15, -0.1) is 12.3 Å². The van der Waals surface area contributed by atoms with Gasteiger partial charge in [-0.3, -0.25) is 0 Å². The van der Waals surface area contributed by atoms with Crippen molar-refractivity contribution in [3.8, 4) is 12.3 Å². The summed E-state index contributed by atoms with van der Waals surface area (Å²) in [6.45, 7) is 6.89. The first-order valence-corrected chi connectivity index (χ1v) is 8.51. The molecule has 76 valence electrons. The smallest absolute Gasteiger partial charge is 0.0664 e. The number of hydrogen-bond donors (Lipinski definition) is 0. The molecule has 0 aromatic heterocycles. The Kier molecular flexibility index (Phi) is 7.08. The van der Waals surface area contributed by atoms with E-state index in [4.69, 9.17) is 6.42 Å². The zero-order valence-electron chi connectivity index (χ0n) is 9.53. The Labute approximate surface area is 85.1 Å². The van der Waals surface area contributed by atoms with Gasteiger partial charge in [0.05, 0.1) is 8.07 Å². The van der Waals surface area contributed by atoms with Gasteiger partial charge < -0.3 is 0 Å². The fourth-order valence-corrected chi connectivity index (χ4v) is 7.34. The molecular weight excluding hydrogens is 172 g/mol. The van der Waals surface area contributed by atoms with E-state index < -0.39 is 8.07 Å². The maximum atomic E-state index is 5.49. The lowest BCUT2D eigenvalue weighted by molar-refractivity contribution is 0.920. The molecule has 0 radical (unpaired) electrons. The highest BCUT2D eigenvalue weighted by atomic mass is 28.3. The van der Waals surface area contributed by atoms with Gasteiger partial charge in [-0.05, 0) is 0 Å². The minimum atomic E-state index is -1.03. The lowest BCUT2D eigenvalue weighted by Gasteiger charge is -2.29. The lowest BCUT2D eigenvalue weighted by Crippen LogP contribution is -2.32. The summed E-state index contributed by atoms with van der Waals surface area (Å²) in [5, 5.41) is 0. The summed E-state index contributed by atoms with van der Waals surface area (Å²) in [6.07, 6.45) is 9.47. The number of rotatable bonds is 7. The van der Waals surface area contributed by atoms with E-state index in [9.17, 15) is 0 Å². The second kappa shape index (κ2) is 7.21. The molecule has 0 amide bonds. The van der Waals surface area contributed by atoms with E-state index in [0.29, 0.717) is 0 Å². The van der Waals surface area contributed by atoms with Crippen LogP contribution >= 0.6 is 0 Å². The van der Waals surface area contributed by atoms with Gasteiger partial charge in [-0.2, -0.15) is 0 Å². The molecule has 1 heteroatoms. The first-order chi connectivity index (χ1) is 6.24. The van der Waals surface area contributed by atoms with Gasteiger partial charge in [-0.25, -0.2) is 0 Å². The number of hydrogen-bond acceptors (Lipinski definition) is 0. The van der Waals surface area contributed by atoms with Gasteiger partial charge in [-0.1, -0.05) is 58.2 Å². The molecule has 0 rings (SSSR count). The highest BCUT2D eigenvalue weighted by molar-refractivity contribution is 6.80. The van der Waals surface area contributed by atoms with Crippen LogP contribution in [0.5, 0.6) is 0 Å². The highest BCUT2D eigenvalue weighted by Gasteiger charge is 2.28. The molecule has 0 bridgehead atoms. The lowest BCUT2D eigenvalue weighted by atomic mass is 10.5. The van der Waals surface area contributed by atoms with Crippen LogP contribution in [0.3, 0.4) is 0 Å². The summed E-state index contributed by atoms with van der Waals surface area (Å²) in [5.74, 6) is 2.92. The fraction of sp³-hybridized carbons (Fsp3) is 0.833. The summed E-state index contributed by atoms with van der Waals surface area (Å²) < 4.78 is 0. The minimum absolute atomic E-state index is 1.03. The predicted octanol–water partition coefficient (Wildman–Crippen LogP) is 4.30. The van der Waals surface area contributed by atoms with Crippen LogP contribution in [0.4, 0.5) is 0 Å². The van der Waals surface area contributed by atoms with Crippen LogP contribution in [0.25, 0.3) is 0 Å². The molecule has 0 aromatic carbocycles. The van der Waals surface area contributed by atoms with E-state index in [0.717, 1.165) is 6.04 Å². The molecule has 0 N–H and O–H groups in total. The Hall–Kier alpha value is -0.223. The van der Waals surface area contributed by atoms with Crippen LogP contribution in [-0.2, 0) is 0 Å². The van der Waals surface area contributed by atoms with Crippen LogP contribution in [0.1, 0.15) is 40.0 Å². The predicted molar refractivity (Wildman–Crippen MR) is 64.7 cm³/mol. The van der Waals surface area contributed by atoms with Crippen molar-refractivity contribution in [2.24, 2.45) is 0 Å². The fourth-order valence-electron chi connectivity index (χ4n) is 2.45. The first-order valence-electron chi connectivity index (χ1n) is 5.68. The van der Waals surface area contributed by atoms with Gasteiger partial charge in [0.1, 0.15) is 0 Å². The maximum Gasteiger partial charge on any atom is 0.0664 e. The first kappa shape index (κ1) is 12.8. The molecule has 0 aliphatic carbocycles. The Morgan fingerprint density at radius 2 is 1.31 bits per heavy atom. The quantitative estimate of drug-likeness (QED) is 0.421. The largest absolute Gasteiger partial charge is 0.120 e. The van der Waals surface area contributed by atoms with E-state index in [1.165, 1.54) is 37.4 Å². The third-order valence-corrected chi connectivity index (χ3v) is 8.45. The molecule has 0 aliphatic rings. The Morgan fingerprint density at radius 3 is 1.54 bits per heavy atom. The summed E-state index contributed by atoms with van der Waals surface area (Å²) in [4.78, 5) is 0.